The van der Waals surface area contributed by atoms with E-state index in [1.165, 1.54) is 12.8 Å². The zero-order chi connectivity index (χ0) is 23.3. The molecule has 1 aliphatic rings. The van der Waals surface area contributed by atoms with E-state index in [-0.39, 0.29) is 12.5 Å². The molecule has 172 valence electrons. The number of hydrogen-bond acceptors (Lipinski definition) is 5. The summed E-state index contributed by atoms with van der Waals surface area (Å²) in [6, 6.07) is 8.46. The van der Waals surface area contributed by atoms with Gasteiger partial charge in [0.1, 0.15) is 11.9 Å². The van der Waals surface area contributed by atoms with E-state index >= 15 is 0 Å². The first kappa shape index (κ1) is 23.7. The first-order valence-corrected chi connectivity index (χ1v) is 11.3. The van der Waals surface area contributed by atoms with E-state index in [1.807, 2.05) is 50.9 Å². The molecule has 32 heavy (non-hydrogen) atoms. The van der Waals surface area contributed by atoms with Crippen LogP contribution in [0.4, 0.5) is 5.82 Å². The van der Waals surface area contributed by atoms with E-state index in [2.05, 4.69) is 16.0 Å². The lowest BCUT2D eigenvalue weighted by molar-refractivity contribution is -0.117. The predicted molar refractivity (Wildman–Crippen MR) is 125 cm³/mol. The van der Waals surface area contributed by atoms with Crippen LogP contribution in [-0.2, 0) is 11.3 Å². The lowest BCUT2D eigenvalue weighted by Gasteiger charge is -2.21. The summed E-state index contributed by atoms with van der Waals surface area (Å²) >= 11 is 0. The highest BCUT2D eigenvalue weighted by Crippen LogP contribution is 2.37. The van der Waals surface area contributed by atoms with Gasteiger partial charge in [0, 0.05) is 18.3 Å². The van der Waals surface area contributed by atoms with Gasteiger partial charge in [0.05, 0.1) is 25.8 Å². The molecule has 0 spiro atoms. The summed E-state index contributed by atoms with van der Waals surface area (Å²) in [5.74, 6) is 1.91. The van der Waals surface area contributed by atoms with Crippen LogP contribution in [-0.4, -0.2) is 42.7 Å². The molecule has 1 saturated carbocycles. The van der Waals surface area contributed by atoms with Gasteiger partial charge in [-0.15, -0.1) is 0 Å². The number of likely N-dealkylation sites (N-methyl/N-ethyl adjacent to an activating group) is 1. The number of methoxy groups -OCH3 is 1. The molecule has 1 amide bonds. The largest absolute Gasteiger partial charge is 0.493 e. The predicted octanol–water partition coefficient (Wildman–Crippen LogP) is 4.57. The quantitative estimate of drug-likeness (QED) is 0.620. The lowest BCUT2D eigenvalue weighted by atomic mass is 10.2. The SMILES string of the molecule is CCOc1ccc(CN(C)CC(=O)Nc2c(C#N)c(C)c(C)n2C2CCCC2)cc1OC. The third-order valence-corrected chi connectivity index (χ3v) is 6.21. The summed E-state index contributed by atoms with van der Waals surface area (Å²) in [6.45, 7) is 7.30. The summed E-state index contributed by atoms with van der Waals surface area (Å²) in [4.78, 5) is 14.9. The minimum Gasteiger partial charge on any atom is -0.493 e. The van der Waals surface area contributed by atoms with E-state index in [0.717, 1.165) is 29.7 Å². The summed E-state index contributed by atoms with van der Waals surface area (Å²) in [6.07, 6.45) is 4.54. The molecule has 1 aromatic heterocycles. The van der Waals surface area contributed by atoms with Crippen LogP contribution >= 0.6 is 0 Å². The summed E-state index contributed by atoms with van der Waals surface area (Å²) in [5, 5.41) is 12.8. The Morgan fingerprint density at radius 1 is 1.28 bits per heavy atom. The Morgan fingerprint density at radius 2 is 2.00 bits per heavy atom. The third kappa shape index (κ3) is 5.08. The zero-order valence-corrected chi connectivity index (χ0v) is 19.8. The Hall–Kier alpha value is -2.98. The maximum absolute atomic E-state index is 12.9. The van der Waals surface area contributed by atoms with Crippen molar-refractivity contribution in [1.29, 1.82) is 5.26 Å². The Kier molecular flexibility index (Phi) is 7.81. The van der Waals surface area contributed by atoms with Crippen molar-refractivity contribution in [2.75, 3.05) is 32.6 Å². The van der Waals surface area contributed by atoms with Crippen molar-refractivity contribution in [2.24, 2.45) is 0 Å². The molecule has 1 heterocycles. The maximum Gasteiger partial charge on any atom is 0.239 e. The minimum absolute atomic E-state index is 0.126. The first-order chi connectivity index (χ1) is 15.4. The van der Waals surface area contributed by atoms with Gasteiger partial charge >= 0.3 is 0 Å². The average molecular weight is 439 g/mol. The van der Waals surface area contributed by atoms with Gasteiger partial charge in [0.15, 0.2) is 11.5 Å². The van der Waals surface area contributed by atoms with Gasteiger partial charge in [-0.05, 0) is 63.9 Å². The first-order valence-electron chi connectivity index (χ1n) is 11.3. The molecule has 0 bridgehead atoms. The number of nitrogens with zero attached hydrogens (tertiary/aromatic N) is 3. The van der Waals surface area contributed by atoms with Crippen molar-refractivity contribution in [3.63, 3.8) is 0 Å². The van der Waals surface area contributed by atoms with Crippen molar-refractivity contribution in [3.8, 4) is 17.6 Å². The molecule has 2 aromatic rings. The van der Waals surface area contributed by atoms with Crippen molar-refractivity contribution >= 4 is 11.7 Å². The number of carbonyl (C=O) groups is 1. The van der Waals surface area contributed by atoms with Crippen LogP contribution in [0.15, 0.2) is 18.2 Å². The van der Waals surface area contributed by atoms with Crippen LogP contribution in [0, 0.1) is 25.2 Å². The van der Waals surface area contributed by atoms with E-state index in [9.17, 15) is 10.1 Å². The monoisotopic (exact) mass is 438 g/mol. The number of aromatic nitrogens is 1. The number of ether oxygens (including phenoxy) is 2. The molecule has 0 unspecified atom stereocenters. The van der Waals surface area contributed by atoms with E-state index < -0.39 is 0 Å². The lowest BCUT2D eigenvalue weighted by Crippen LogP contribution is -2.31. The molecule has 1 fully saturated rings. The van der Waals surface area contributed by atoms with Gasteiger partial charge < -0.3 is 19.4 Å². The van der Waals surface area contributed by atoms with Crippen molar-refractivity contribution in [2.45, 2.75) is 59.0 Å². The van der Waals surface area contributed by atoms with Crippen LogP contribution in [0.1, 0.15) is 61.0 Å². The molecule has 7 nitrogen and oxygen atoms in total. The second kappa shape index (κ2) is 10.6. The number of benzene rings is 1. The summed E-state index contributed by atoms with van der Waals surface area (Å²) in [7, 11) is 3.52. The molecule has 0 atom stereocenters. The Morgan fingerprint density at radius 3 is 2.62 bits per heavy atom. The second-order valence-electron chi connectivity index (χ2n) is 8.49. The van der Waals surface area contributed by atoms with Crippen molar-refractivity contribution in [1.82, 2.24) is 9.47 Å². The molecule has 7 heteroatoms. The Labute approximate surface area is 190 Å². The van der Waals surface area contributed by atoms with Crippen LogP contribution in [0.5, 0.6) is 11.5 Å². The highest BCUT2D eigenvalue weighted by atomic mass is 16.5. The van der Waals surface area contributed by atoms with E-state index in [4.69, 9.17) is 9.47 Å². The van der Waals surface area contributed by atoms with Gasteiger partial charge in [-0.2, -0.15) is 5.26 Å². The van der Waals surface area contributed by atoms with E-state index in [0.29, 0.717) is 42.1 Å². The maximum atomic E-state index is 12.9. The molecular formula is C25H34N4O3. The van der Waals surface area contributed by atoms with Crippen molar-refractivity contribution < 1.29 is 14.3 Å². The summed E-state index contributed by atoms with van der Waals surface area (Å²) < 4.78 is 13.2. The number of carbonyl (C=O) groups excluding carboxylic acids is 1. The number of amides is 1. The number of hydrogen-bond donors (Lipinski definition) is 1. The fourth-order valence-electron chi connectivity index (χ4n) is 4.58. The van der Waals surface area contributed by atoms with Crippen LogP contribution < -0.4 is 14.8 Å². The van der Waals surface area contributed by atoms with Gasteiger partial charge in [0.25, 0.3) is 0 Å². The Bertz CT molecular complexity index is 1000. The number of rotatable bonds is 9. The minimum atomic E-state index is -0.126. The number of nitrogens with one attached hydrogen (secondary N) is 1. The van der Waals surface area contributed by atoms with Gasteiger partial charge in [-0.25, -0.2) is 0 Å². The average Bonchev–Trinajstić information content (AvgIpc) is 3.36. The molecular weight excluding hydrogens is 404 g/mol. The smallest absolute Gasteiger partial charge is 0.239 e. The summed E-state index contributed by atoms with van der Waals surface area (Å²) in [5.41, 5.74) is 3.61. The number of anilines is 1. The fourth-order valence-corrected chi connectivity index (χ4v) is 4.58. The topological polar surface area (TPSA) is 79.5 Å². The van der Waals surface area contributed by atoms with E-state index in [1.54, 1.807) is 7.11 Å². The van der Waals surface area contributed by atoms with Crippen molar-refractivity contribution in [3.05, 3.63) is 40.6 Å². The normalized spacial score (nSPS) is 13.9. The third-order valence-electron chi connectivity index (χ3n) is 6.21. The van der Waals surface area contributed by atoms with Crippen LogP contribution in [0.2, 0.25) is 0 Å². The van der Waals surface area contributed by atoms with Crippen LogP contribution in [0.3, 0.4) is 0 Å². The zero-order valence-electron chi connectivity index (χ0n) is 19.8. The number of nitriles is 1. The van der Waals surface area contributed by atoms with Crippen LogP contribution in [0.25, 0.3) is 0 Å². The van der Waals surface area contributed by atoms with Gasteiger partial charge in [0.2, 0.25) is 5.91 Å². The van der Waals surface area contributed by atoms with Gasteiger partial charge in [-0.3, -0.25) is 9.69 Å². The highest BCUT2D eigenvalue weighted by Gasteiger charge is 2.26. The second-order valence-corrected chi connectivity index (χ2v) is 8.49. The fraction of sp³-hybridized carbons (Fsp3) is 0.520. The highest BCUT2D eigenvalue weighted by molar-refractivity contribution is 5.93. The molecule has 0 radical (unpaired) electrons. The van der Waals surface area contributed by atoms with Gasteiger partial charge in [-0.1, -0.05) is 18.9 Å². The molecule has 1 aliphatic carbocycles. The molecule has 1 aromatic carbocycles. The Balaban J connectivity index is 1.71. The molecule has 3 rings (SSSR count). The molecule has 1 N–H and O–H groups in total. The molecule has 0 aliphatic heterocycles. The standard InChI is InChI=1S/C25H34N4O3/c1-6-32-22-12-11-19(13-23(22)31-5)15-28(4)16-24(30)27-25-21(14-26)17(2)18(3)29(25)20-9-7-8-10-20/h11-13,20H,6-10,15-16H2,1-5H3,(H,27,30). The molecule has 0 saturated heterocycles.